The highest BCUT2D eigenvalue weighted by atomic mass is 15.3. The molecule has 2 heterocycles. The Balaban J connectivity index is 2.09. The standard InChI is InChI=1S/C16H16N4/c1-11-6-12(2)8-14(7-11)20-10-15(17)16(19-20)13-4-3-5-18-9-13/h3-10H,17H2,1-2H3. The summed E-state index contributed by atoms with van der Waals surface area (Å²) in [7, 11) is 0. The summed E-state index contributed by atoms with van der Waals surface area (Å²) < 4.78 is 1.82. The summed E-state index contributed by atoms with van der Waals surface area (Å²) in [6.45, 7) is 4.15. The minimum Gasteiger partial charge on any atom is -0.396 e. The highest BCUT2D eigenvalue weighted by Crippen LogP contribution is 2.25. The van der Waals surface area contributed by atoms with E-state index in [9.17, 15) is 0 Å². The number of nitrogens with zero attached hydrogens (tertiary/aromatic N) is 3. The molecule has 3 aromatic rings. The molecule has 0 bridgehead atoms. The van der Waals surface area contributed by atoms with Crippen molar-refractivity contribution in [2.45, 2.75) is 13.8 Å². The molecule has 0 aliphatic rings. The van der Waals surface area contributed by atoms with E-state index in [1.54, 1.807) is 12.4 Å². The first-order valence-electron chi connectivity index (χ1n) is 6.48. The number of anilines is 1. The summed E-state index contributed by atoms with van der Waals surface area (Å²) in [6, 6.07) is 10.2. The first-order chi connectivity index (χ1) is 9.63. The van der Waals surface area contributed by atoms with E-state index < -0.39 is 0 Å². The van der Waals surface area contributed by atoms with E-state index >= 15 is 0 Å². The molecule has 1 aromatic carbocycles. The molecule has 0 radical (unpaired) electrons. The third-order valence-electron chi connectivity index (χ3n) is 3.15. The lowest BCUT2D eigenvalue weighted by Gasteiger charge is -2.04. The van der Waals surface area contributed by atoms with E-state index in [4.69, 9.17) is 5.73 Å². The van der Waals surface area contributed by atoms with Crippen molar-refractivity contribution in [1.29, 1.82) is 0 Å². The van der Waals surface area contributed by atoms with Crippen molar-refractivity contribution in [3.8, 4) is 16.9 Å². The van der Waals surface area contributed by atoms with Gasteiger partial charge in [0.1, 0.15) is 5.69 Å². The van der Waals surface area contributed by atoms with E-state index in [1.807, 2.05) is 23.0 Å². The quantitative estimate of drug-likeness (QED) is 0.773. The molecule has 0 spiro atoms. The van der Waals surface area contributed by atoms with Gasteiger partial charge in [0.05, 0.1) is 17.6 Å². The average molecular weight is 264 g/mol. The van der Waals surface area contributed by atoms with Crippen LogP contribution in [0.2, 0.25) is 0 Å². The Labute approximate surface area is 117 Å². The number of nitrogen functional groups attached to an aromatic ring is 1. The lowest BCUT2D eigenvalue weighted by atomic mass is 10.1. The Morgan fingerprint density at radius 3 is 2.50 bits per heavy atom. The van der Waals surface area contributed by atoms with Crippen molar-refractivity contribution in [3.05, 3.63) is 60.0 Å². The zero-order chi connectivity index (χ0) is 14.1. The van der Waals surface area contributed by atoms with Crippen LogP contribution >= 0.6 is 0 Å². The van der Waals surface area contributed by atoms with Crippen LogP contribution in [0, 0.1) is 13.8 Å². The fourth-order valence-electron chi connectivity index (χ4n) is 2.33. The maximum atomic E-state index is 6.08. The Hall–Kier alpha value is -2.62. The van der Waals surface area contributed by atoms with Crippen molar-refractivity contribution >= 4 is 5.69 Å². The van der Waals surface area contributed by atoms with Gasteiger partial charge in [0.25, 0.3) is 0 Å². The zero-order valence-corrected chi connectivity index (χ0v) is 11.5. The number of hydrogen-bond acceptors (Lipinski definition) is 3. The fraction of sp³-hybridized carbons (Fsp3) is 0.125. The smallest absolute Gasteiger partial charge is 0.117 e. The van der Waals surface area contributed by atoms with Gasteiger partial charge < -0.3 is 5.73 Å². The van der Waals surface area contributed by atoms with Gasteiger partial charge in [-0.1, -0.05) is 6.07 Å². The van der Waals surface area contributed by atoms with Crippen molar-refractivity contribution in [2.75, 3.05) is 5.73 Å². The van der Waals surface area contributed by atoms with Crippen LogP contribution in [0.15, 0.2) is 48.9 Å². The Morgan fingerprint density at radius 1 is 1.10 bits per heavy atom. The van der Waals surface area contributed by atoms with Gasteiger partial charge in [-0.15, -0.1) is 0 Å². The van der Waals surface area contributed by atoms with Crippen molar-refractivity contribution in [2.24, 2.45) is 0 Å². The average Bonchev–Trinajstić information content (AvgIpc) is 2.81. The summed E-state index contributed by atoms with van der Waals surface area (Å²) in [5, 5.41) is 4.58. The largest absolute Gasteiger partial charge is 0.396 e. The summed E-state index contributed by atoms with van der Waals surface area (Å²) in [5.74, 6) is 0. The summed E-state index contributed by atoms with van der Waals surface area (Å²) in [5.41, 5.74) is 11.8. The second-order valence-corrected chi connectivity index (χ2v) is 4.97. The topological polar surface area (TPSA) is 56.7 Å². The number of pyridine rings is 1. The number of nitrogens with two attached hydrogens (primary N) is 1. The van der Waals surface area contributed by atoms with Gasteiger partial charge >= 0.3 is 0 Å². The van der Waals surface area contributed by atoms with Crippen LogP contribution in [0.25, 0.3) is 16.9 Å². The molecule has 0 amide bonds. The van der Waals surface area contributed by atoms with E-state index in [0.29, 0.717) is 5.69 Å². The summed E-state index contributed by atoms with van der Waals surface area (Å²) in [6.07, 6.45) is 5.35. The lowest BCUT2D eigenvalue weighted by Crippen LogP contribution is -1.96. The molecule has 0 aliphatic heterocycles. The number of hydrogen-bond donors (Lipinski definition) is 1. The molecule has 4 heteroatoms. The Bertz CT molecular complexity index is 724. The van der Waals surface area contributed by atoms with Gasteiger partial charge in [-0.25, -0.2) is 4.68 Å². The van der Waals surface area contributed by atoms with Crippen LogP contribution in [0.3, 0.4) is 0 Å². The van der Waals surface area contributed by atoms with Gasteiger partial charge in [0, 0.05) is 18.0 Å². The molecule has 20 heavy (non-hydrogen) atoms. The SMILES string of the molecule is Cc1cc(C)cc(-n2cc(N)c(-c3cccnc3)n2)c1. The van der Waals surface area contributed by atoms with Crippen LogP contribution in [0.1, 0.15) is 11.1 Å². The molecule has 0 saturated carbocycles. The number of rotatable bonds is 2. The highest BCUT2D eigenvalue weighted by molar-refractivity contribution is 5.71. The number of aryl methyl sites for hydroxylation is 2. The van der Waals surface area contributed by atoms with Gasteiger partial charge in [-0.05, 0) is 49.2 Å². The minimum absolute atomic E-state index is 0.650. The van der Waals surface area contributed by atoms with Crippen molar-refractivity contribution in [1.82, 2.24) is 14.8 Å². The normalized spacial score (nSPS) is 10.7. The van der Waals surface area contributed by atoms with Crippen LogP contribution < -0.4 is 5.73 Å². The van der Waals surface area contributed by atoms with Gasteiger partial charge in [0.2, 0.25) is 0 Å². The van der Waals surface area contributed by atoms with E-state index in [1.165, 1.54) is 11.1 Å². The molecule has 3 rings (SSSR count). The Kier molecular flexibility index (Phi) is 2.99. The maximum absolute atomic E-state index is 6.08. The molecule has 2 aromatic heterocycles. The summed E-state index contributed by atoms with van der Waals surface area (Å²) in [4.78, 5) is 4.11. The molecule has 100 valence electrons. The van der Waals surface area contributed by atoms with Crippen LogP contribution in [0.5, 0.6) is 0 Å². The molecule has 4 nitrogen and oxygen atoms in total. The fourth-order valence-corrected chi connectivity index (χ4v) is 2.33. The minimum atomic E-state index is 0.650. The van der Waals surface area contributed by atoms with Crippen LogP contribution in [-0.4, -0.2) is 14.8 Å². The predicted molar refractivity (Wildman–Crippen MR) is 80.7 cm³/mol. The third-order valence-corrected chi connectivity index (χ3v) is 3.15. The maximum Gasteiger partial charge on any atom is 0.117 e. The molecule has 0 unspecified atom stereocenters. The Morgan fingerprint density at radius 2 is 1.85 bits per heavy atom. The second kappa shape index (κ2) is 4.81. The zero-order valence-electron chi connectivity index (χ0n) is 11.5. The molecular formula is C16H16N4. The predicted octanol–water partition coefficient (Wildman–Crippen LogP) is 3.13. The molecule has 0 fully saturated rings. The molecule has 2 N–H and O–H groups in total. The van der Waals surface area contributed by atoms with Gasteiger partial charge in [-0.3, -0.25) is 4.98 Å². The van der Waals surface area contributed by atoms with Crippen molar-refractivity contribution in [3.63, 3.8) is 0 Å². The van der Waals surface area contributed by atoms with Gasteiger partial charge in [-0.2, -0.15) is 5.10 Å². The van der Waals surface area contributed by atoms with E-state index in [-0.39, 0.29) is 0 Å². The molecule has 0 atom stereocenters. The van der Waals surface area contributed by atoms with Crippen molar-refractivity contribution < 1.29 is 0 Å². The molecule has 0 aliphatic carbocycles. The second-order valence-electron chi connectivity index (χ2n) is 4.97. The number of aromatic nitrogens is 3. The first-order valence-corrected chi connectivity index (χ1v) is 6.48. The highest BCUT2D eigenvalue weighted by Gasteiger charge is 2.10. The number of benzene rings is 1. The van der Waals surface area contributed by atoms with E-state index in [0.717, 1.165) is 16.9 Å². The molecule has 0 saturated heterocycles. The first kappa shape index (κ1) is 12.4. The van der Waals surface area contributed by atoms with E-state index in [2.05, 4.69) is 42.1 Å². The monoisotopic (exact) mass is 264 g/mol. The van der Waals surface area contributed by atoms with Crippen LogP contribution in [-0.2, 0) is 0 Å². The van der Waals surface area contributed by atoms with Crippen LogP contribution in [0.4, 0.5) is 5.69 Å². The lowest BCUT2D eigenvalue weighted by molar-refractivity contribution is 0.881. The van der Waals surface area contributed by atoms with Gasteiger partial charge in [0.15, 0.2) is 0 Å². The summed E-state index contributed by atoms with van der Waals surface area (Å²) >= 11 is 0. The molecular weight excluding hydrogens is 248 g/mol. The third kappa shape index (κ3) is 2.28.